The fraction of sp³-hybridized carbons (Fsp3) is 0.200. The molecule has 0 aliphatic rings. The quantitative estimate of drug-likeness (QED) is 0.707. The van der Waals surface area contributed by atoms with E-state index in [1.807, 2.05) is 38.1 Å². The lowest BCUT2D eigenvalue weighted by molar-refractivity contribution is 0.0935. The Morgan fingerprint density at radius 2 is 1.70 bits per heavy atom. The molecule has 6 nitrogen and oxygen atoms in total. The van der Waals surface area contributed by atoms with E-state index in [0.717, 1.165) is 22.9 Å². The van der Waals surface area contributed by atoms with Crippen LogP contribution in [0.4, 0.5) is 0 Å². The Kier molecular flexibility index (Phi) is 5.14. The van der Waals surface area contributed by atoms with Gasteiger partial charge in [-0.2, -0.15) is 5.10 Å². The second kappa shape index (κ2) is 7.36. The van der Waals surface area contributed by atoms with Gasteiger partial charge in [0.05, 0.1) is 16.6 Å². The van der Waals surface area contributed by atoms with Crippen LogP contribution >= 0.6 is 0 Å². The molecule has 0 fully saturated rings. The van der Waals surface area contributed by atoms with Crippen molar-refractivity contribution < 1.29 is 13.2 Å². The maximum atomic E-state index is 12.5. The third kappa shape index (κ3) is 4.43. The summed E-state index contributed by atoms with van der Waals surface area (Å²) in [6.07, 6.45) is 1.16. The Balaban J connectivity index is 1.71. The normalized spacial score (nSPS) is 12.6. The summed E-state index contributed by atoms with van der Waals surface area (Å²) in [5.41, 5.74) is 3.97. The van der Waals surface area contributed by atoms with Gasteiger partial charge in [0.15, 0.2) is 9.84 Å². The van der Waals surface area contributed by atoms with Gasteiger partial charge in [-0.3, -0.25) is 9.89 Å². The molecule has 140 valence electrons. The number of sulfone groups is 1. The lowest BCUT2D eigenvalue weighted by atomic mass is 10.1. The van der Waals surface area contributed by atoms with Crippen LogP contribution in [0.3, 0.4) is 0 Å². The standard InChI is InChI=1S/C20H21N3O3S/c1-13-4-6-16(7-5-13)18-12-19(23-22-18)20(24)21-14(2)15-8-10-17(11-9-15)27(3,25)26/h4-12,14H,1-3H3,(H,21,24)(H,22,23)/t14-/m0/s1. The molecule has 27 heavy (non-hydrogen) atoms. The fourth-order valence-corrected chi connectivity index (χ4v) is 3.30. The molecule has 7 heteroatoms. The van der Waals surface area contributed by atoms with E-state index in [1.54, 1.807) is 30.3 Å². The Morgan fingerprint density at radius 3 is 2.30 bits per heavy atom. The molecule has 3 aromatic rings. The van der Waals surface area contributed by atoms with Crippen LogP contribution in [0.15, 0.2) is 59.5 Å². The van der Waals surface area contributed by atoms with E-state index in [2.05, 4.69) is 15.5 Å². The zero-order valence-corrected chi connectivity index (χ0v) is 16.2. The summed E-state index contributed by atoms with van der Waals surface area (Å²) in [7, 11) is -3.24. The smallest absolute Gasteiger partial charge is 0.269 e. The average Bonchev–Trinajstić information content (AvgIpc) is 3.12. The predicted molar refractivity (Wildman–Crippen MR) is 104 cm³/mol. The molecule has 0 aliphatic carbocycles. The molecular formula is C20H21N3O3S. The van der Waals surface area contributed by atoms with Crippen molar-refractivity contribution >= 4 is 15.7 Å². The topological polar surface area (TPSA) is 91.9 Å². The SMILES string of the molecule is Cc1ccc(-c2cc(C(=O)N[C@@H](C)c3ccc(S(C)(=O)=O)cc3)[nH]n2)cc1. The molecular weight excluding hydrogens is 362 g/mol. The van der Waals surface area contributed by atoms with Gasteiger partial charge < -0.3 is 5.32 Å². The summed E-state index contributed by atoms with van der Waals surface area (Å²) < 4.78 is 23.1. The number of hydrogen-bond acceptors (Lipinski definition) is 4. The van der Waals surface area contributed by atoms with Crippen LogP contribution in [-0.2, 0) is 9.84 Å². The Hall–Kier alpha value is -2.93. The highest BCUT2D eigenvalue weighted by atomic mass is 32.2. The van der Waals surface area contributed by atoms with Crippen LogP contribution in [0.1, 0.15) is 34.6 Å². The van der Waals surface area contributed by atoms with E-state index < -0.39 is 9.84 Å². The van der Waals surface area contributed by atoms with Gasteiger partial charge >= 0.3 is 0 Å². The number of aryl methyl sites for hydroxylation is 1. The van der Waals surface area contributed by atoms with Crippen molar-refractivity contribution in [2.24, 2.45) is 0 Å². The average molecular weight is 383 g/mol. The molecule has 0 saturated heterocycles. The molecule has 0 bridgehead atoms. The highest BCUT2D eigenvalue weighted by molar-refractivity contribution is 7.90. The lowest BCUT2D eigenvalue weighted by Gasteiger charge is -2.14. The Bertz CT molecular complexity index is 1050. The number of carbonyl (C=O) groups excluding carboxylic acids is 1. The highest BCUT2D eigenvalue weighted by Crippen LogP contribution is 2.20. The number of hydrogen-bond donors (Lipinski definition) is 2. The van der Waals surface area contributed by atoms with E-state index >= 15 is 0 Å². The highest BCUT2D eigenvalue weighted by Gasteiger charge is 2.15. The van der Waals surface area contributed by atoms with E-state index in [9.17, 15) is 13.2 Å². The summed E-state index contributed by atoms with van der Waals surface area (Å²) in [6, 6.07) is 15.8. The number of aromatic amines is 1. The van der Waals surface area contributed by atoms with Gasteiger partial charge in [-0.05, 0) is 37.6 Å². The van der Waals surface area contributed by atoms with Crippen LogP contribution in [0.2, 0.25) is 0 Å². The maximum absolute atomic E-state index is 12.5. The minimum Gasteiger partial charge on any atom is -0.344 e. The lowest BCUT2D eigenvalue weighted by Crippen LogP contribution is -2.27. The molecule has 0 saturated carbocycles. The molecule has 2 N–H and O–H groups in total. The van der Waals surface area contributed by atoms with Crippen molar-refractivity contribution in [3.63, 3.8) is 0 Å². The largest absolute Gasteiger partial charge is 0.344 e. The van der Waals surface area contributed by atoms with Crippen LogP contribution < -0.4 is 5.32 Å². The number of rotatable bonds is 5. The van der Waals surface area contributed by atoms with Crippen molar-refractivity contribution in [2.75, 3.05) is 6.26 Å². The number of H-pyrrole nitrogens is 1. The van der Waals surface area contributed by atoms with Crippen molar-refractivity contribution in [2.45, 2.75) is 24.8 Å². The first-order valence-electron chi connectivity index (χ1n) is 8.47. The summed E-state index contributed by atoms with van der Waals surface area (Å²) in [5, 5.41) is 9.85. The van der Waals surface area contributed by atoms with E-state index in [1.165, 1.54) is 0 Å². The van der Waals surface area contributed by atoms with Gasteiger partial charge in [0.2, 0.25) is 0 Å². The second-order valence-corrected chi connectivity index (χ2v) is 8.58. The molecule has 0 aliphatic heterocycles. The minimum atomic E-state index is -3.24. The summed E-state index contributed by atoms with van der Waals surface area (Å²) in [4.78, 5) is 12.7. The van der Waals surface area contributed by atoms with Crippen molar-refractivity contribution in [3.05, 3.63) is 71.4 Å². The van der Waals surface area contributed by atoms with Crippen LogP contribution in [0.5, 0.6) is 0 Å². The molecule has 2 aromatic carbocycles. The molecule has 3 rings (SSSR count). The Morgan fingerprint density at radius 1 is 1.07 bits per heavy atom. The number of aromatic nitrogens is 2. The summed E-state index contributed by atoms with van der Waals surface area (Å²) in [6.45, 7) is 3.85. The number of amides is 1. The molecule has 1 atom stereocenters. The molecule has 0 spiro atoms. The molecule has 0 unspecified atom stereocenters. The van der Waals surface area contributed by atoms with Gasteiger partial charge in [0, 0.05) is 11.8 Å². The van der Waals surface area contributed by atoms with Crippen molar-refractivity contribution in [1.82, 2.24) is 15.5 Å². The van der Waals surface area contributed by atoms with Crippen LogP contribution in [0.25, 0.3) is 11.3 Å². The third-order valence-corrected chi connectivity index (χ3v) is 5.45. The number of carbonyl (C=O) groups is 1. The van der Waals surface area contributed by atoms with Crippen LogP contribution in [0, 0.1) is 6.92 Å². The number of benzene rings is 2. The zero-order chi connectivity index (χ0) is 19.6. The van der Waals surface area contributed by atoms with Gasteiger partial charge in [0.1, 0.15) is 5.69 Å². The maximum Gasteiger partial charge on any atom is 0.269 e. The number of nitrogens with zero attached hydrogens (tertiary/aromatic N) is 1. The molecule has 1 amide bonds. The van der Waals surface area contributed by atoms with E-state index in [-0.39, 0.29) is 16.8 Å². The molecule has 1 heterocycles. The van der Waals surface area contributed by atoms with Crippen molar-refractivity contribution in [3.8, 4) is 11.3 Å². The monoisotopic (exact) mass is 383 g/mol. The predicted octanol–water partition coefficient (Wildman–Crippen LogP) is 3.28. The van der Waals surface area contributed by atoms with E-state index in [4.69, 9.17) is 0 Å². The first kappa shape index (κ1) is 18.8. The molecule has 1 aromatic heterocycles. The Labute approximate surface area is 158 Å². The fourth-order valence-electron chi connectivity index (χ4n) is 2.67. The third-order valence-electron chi connectivity index (χ3n) is 4.33. The van der Waals surface area contributed by atoms with Gasteiger partial charge in [0.25, 0.3) is 5.91 Å². The van der Waals surface area contributed by atoms with Gasteiger partial charge in [-0.1, -0.05) is 42.0 Å². The zero-order valence-electron chi connectivity index (χ0n) is 15.4. The molecule has 0 radical (unpaired) electrons. The first-order chi connectivity index (χ1) is 12.7. The summed E-state index contributed by atoms with van der Waals surface area (Å²) in [5.74, 6) is -0.277. The van der Waals surface area contributed by atoms with Crippen molar-refractivity contribution in [1.29, 1.82) is 0 Å². The van der Waals surface area contributed by atoms with Gasteiger partial charge in [-0.15, -0.1) is 0 Å². The van der Waals surface area contributed by atoms with Crippen LogP contribution in [-0.4, -0.2) is 30.8 Å². The second-order valence-electron chi connectivity index (χ2n) is 6.57. The van der Waals surface area contributed by atoms with Gasteiger partial charge in [-0.25, -0.2) is 8.42 Å². The van der Waals surface area contributed by atoms with E-state index in [0.29, 0.717) is 11.4 Å². The first-order valence-corrected chi connectivity index (χ1v) is 10.4. The minimum absolute atomic E-state index is 0.251. The number of nitrogens with one attached hydrogen (secondary N) is 2. The summed E-state index contributed by atoms with van der Waals surface area (Å²) >= 11 is 0.